The van der Waals surface area contributed by atoms with Gasteiger partial charge in [-0.2, -0.15) is 0 Å². The molecule has 18 heavy (non-hydrogen) atoms. The number of aromatic nitrogens is 2. The summed E-state index contributed by atoms with van der Waals surface area (Å²) in [6.07, 6.45) is 3.31. The van der Waals surface area contributed by atoms with Gasteiger partial charge >= 0.3 is 0 Å². The molecule has 0 radical (unpaired) electrons. The van der Waals surface area contributed by atoms with Crippen LogP contribution in [-0.2, 0) is 7.05 Å². The fourth-order valence-corrected chi connectivity index (χ4v) is 1.86. The van der Waals surface area contributed by atoms with E-state index >= 15 is 0 Å². The summed E-state index contributed by atoms with van der Waals surface area (Å²) in [7, 11) is 1.77. The van der Waals surface area contributed by atoms with Crippen LogP contribution in [-0.4, -0.2) is 21.9 Å². The third-order valence-corrected chi connectivity index (χ3v) is 2.81. The molecule has 1 aromatic heterocycles. The molecule has 5 heteroatoms. The van der Waals surface area contributed by atoms with Crippen molar-refractivity contribution in [1.82, 2.24) is 9.55 Å². The van der Waals surface area contributed by atoms with E-state index in [1.54, 1.807) is 42.2 Å². The van der Waals surface area contributed by atoms with E-state index in [2.05, 4.69) is 4.98 Å². The normalized spacial score (nSPS) is 10.4. The van der Waals surface area contributed by atoms with Gasteiger partial charge in [-0.15, -0.1) is 0 Å². The quantitative estimate of drug-likeness (QED) is 0.798. The Hall–Kier alpha value is -1.81. The molecule has 0 aliphatic carbocycles. The van der Waals surface area contributed by atoms with Crippen LogP contribution in [0.3, 0.4) is 0 Å². The highest BCUT2D eigenvalue weighted by molar-refractivity contribution is 6.32. The number of hydrogen-bond donors (Lipinski definition) is 0. The van der Waals surface area contributed by atoms with Gasteiger partial charge in [0.05, 0.1) is 11.6 Å². The first-order valence-electron chi connectivity index (χ1n) is 5.58. The predicted molar refractivity (Wildman–Crippen MR) is 69.3 cm³/mol. The Balaban J connectivity index is 2.32. The summed E-state index contributed by atoms with van der Waals surface area (Å²) in [5, 5.41) is 0.428. The van der Waals surface area contributed by atoms with Gasteiger partial charge in [-0.05, 0) is 25.1 Å². The largest absolute Gasteiger partial charge is 0.492 e. The number of carbonyl (C=O) groups excluding carboxylic acids is 1. The molecule has 0 saturated carbocycles. The molecule has 0 aliphatic rings. The van der Waals surface area contributed by atoms with E-state index in [9.17, 15) is 4.79 Å². The molecule has 1 heterocycles. The van der Waals surface area contributed by atoms with Gasteiger partial charge in [-0.1, -0.05) is 11.6 Å². The smallest absolute Gasteiger partial charge is 0.228 e. The van der Waals surface area contributed by atoms with Crippen LogP contribution in [0.1, 0.15) is 23.1 Å². The molecule has 0 aliphatic heterocycles. The average Bonchev–Trinajstić information content (AvgIpc) is 2.77. The van der Waals surface area contributed by atoms with Crippen molar-refractivity contribution in [2.24, 2.45) is 7.05 Å². The van der Waals surface area contributed by atoms with Gasteiger partial charge in [-0.25, -0.2) is 4.98 Å². The molecular weight excluding hydrogens is 252 g/mol. The highest BCUT2D eigenvalue weighted by Gasteiger charge is 2.15. The van der Waals surface area contributed by atoms with Crippen LogP contribution in [0.15, 0.2) is 30.6 Å². The Labute approximate surface area is 110 Å². The number of aryl methyl sites for hydroxylation is 1. The molecule has 1 aromatic carbocycles. The number of benzene rings is 1. The lowest BCUT2D eigenvalue weighted by Crippen LogP contribution is -2.08. The molecule has 0 saturated heterocycles. The molecular formula is C13H13ClN2O2. The van der Waals surface area contributed by atoms with Gasteiger partial charge in [0.1, 0.15) is 5.75 Å². The summed E-state index contributed by atoms with van der Waals surface area (Å²) in [5.74, 6) is 0.804. The number of ketones is 1. The van der Waals surface area contributed by atoms with Gasteiger partial charge in [0.2, 0.25) is 5.78 Å². The lowest BCUT2D eigenvalue weighted by molar-refractivity contribution is 0.102. The summed E-state index contributed by atoms with van der Waals surface area (Å²) in [4.78, 5) is 16.2. The topological polar surface area (TPSA) is 44.1 Å². The second-order valence-electron chi connectivity index (χ2n) is 3.77. The molecule has 0 N–H and O–H groups in total. The van der Waals surface area contributed by atoms with Gasteiger partial charge in [0, 0.05) is 25.0 Å². The van der Waals surface area contributed by atoms with Crippen LogP contribution in [0.4, 0.5) is 0 Å². The van der Waals surface area contributed by atoms with E-state index in [-0.39, 0.29) is 5.78 Å². The van der Waals surface area contributed by atoms with Gasteiger partial charge in [0.15, 0.2) is 5.82 Å². The van der Waals surface area contributed by atoms with E-state index < -0.39 is 0 Å². The second kappa shape index (κ2) is 5.23. The van der Waals surface area contributed by atoms with E-state index in [0.717, 1.165) is 0 Å². The Morgan fingerprint density at radius 1 is 1.50 bits per heavy atom. The van der Waals surface area contributed by atoms with Gasteiger partial charge in [-0.3, -0.25) is 4.79 Å². The average molecular weight is 265 g/mol. The van der Waals surface area contributed by atoms with Crippen molar-refractivity contribution < 1.29 is 9.53 Å². The van der Waals surface area contributed by atoms with Crippen molar-refractivity contribution >= 4 is 17.4 Å². The van der Waals surface area contributed by atoms with Crippen LogP contribution < -0.4 is 4.74 Å². The van der Waals surface area contributed by atoms with Crippen LogP contribution >= 0.6 is 11.6 Å². The molecule has 0 unspecified atom stereocenters. The van der Waals surface area contributed by atoms with Crippen LogP contribution in [0.2, 0.25) is 5.02 Å². The maximum atomic E-state index is 12.2. The third-order valence-electron chi connectivity index (χ3n) is 2.52. The Bertz CT molecular complexity index is 578. The highest BCUT2D eigenvalue weighted by atomic mass is 35.5. The van der Waals surface area contributed by atoms with Crippen LogP contribution in [0.25, 0.3) is 0 Å². The molecule has 0 spiro atoms. The first-order valence-corrected chi connectivity index (χ1v) is 5.95. The minimum Gasteiger partial charge on any atom is -0.492 e. The van der Waals surface area contributed by atoms with E-state index in [1.165, 1.54) is 0 Å². The number of halogens is 1. The number of carbonyl (C=O) groups is 1. The van der Waals surface area contributed by atoms with E-state index in [0.29, 0.717) is 28.8 Å². The molecule has 2 rings (SSSR count). The molecule has 2 aromatic rings. The van der Waals surface area contributed by atoms with Crippen molar-refractivity contribution in [2.45, 2.75) is 6.92 Å². The molecule has 0 atom stereocenters. The van der Waals surface area contributed by atoms with Crippen molar-refractivity contribution in [3.8, 4) is 5.75 Å². The van der Waals surface area contributed by atoms with Gasteiger partial charge < -0.3 is 9.30 Å². The summed E-state index contributed by atoms with van der Waals surface area (Å²) in [5.41, 5.74) is 0.498. The zero-order valence-corrected chi connectivity index (χ0v) is 10.9. The highest BCUT2D eigenvalue weighted by Crippen LogP contribution is 2.26. The van der Waals surface area contributed by atoms with Crippen LogP contribution in [0.5, 0.6) is 5.75 Å². The zero-order chi connectivity index (χ0) is 13.1. The summed E-state index contributed by atoms with van der Waals surface area (Å²) < 4.78 is 7.00. The maximum absolute atomic E-state index is 12.2. The van der Waals surface area contributed by atoms with E-state index in [1.807, 2.05) is 6.92 Å². The number of imidazole rings is 1. The fourth-order valence-electron chi connectivity index (χ4n) is 1.63. The Morgan fingerprint density at radius 2 is 2.28 bits per heavy atom. The zero-order valence-electron chi connectivity index (χ0n) is 10.2. The first-order chi connectivity index (χ1) is 8.63. The lowest BCUT2D eigenvalue weighted by Gasteiger charge is -2.07. The lowest BCUT2D eigenvalue weighted by atomic mass is 10.1. The molecule has 0 fully saturated rings. The predicted octanol–water partition coefficient (Wildman–Crippen LogP) is 2.70. The SMILES string of the molecule is CCOc1ccc(C(=O)c2nccn2C)cc1Cl. The molecule has 0 amide bonds. The molecule has 0 bridgehead atoms. The van der Waals surface area contributed by atoms with Crippen LogP contribution in [0, 0.1) is 0 Å². The van der Waals surface area contributed by atoms with Crippen molar-refractivity contribution in [2.75, 3.05) is 6.61 Å². The Morgan fingerprint density at radius 3 is 2.83 bits per heavy atom. The second-order valence-corrected chi connectivity index (χ2v) is 4.18. The summed E-state index contributed by atoms with van der Waals surface area (Å²) in [6, 6.07) is 4.99. The van der Waals surface area contributed by atoms with Crippen molar-refractivity contribution in [1.29, 1.82) is 0 Å². The number of hydrogen-bond acceptors (Lipinski definition) is 3. The third kappa shape index (κ3) is 2.38. The Kier molecular flexibility index (Phi) is 3.67. The maximum Gasteiger partial charge on any atom is 0.228 e. The molecule has 94 valence electrons. The monoisotopic (exact) mass is 264 g/mol. The van der Waals surface area contributed by atoms with E-state index in [4.69, 9.17) is 16.3 Å². The van der Waals surface area contributed by atoms with Crippen molar-refractivity contribution in [3.05, 3.63) is 47.0 Å². The minimum atomic E-state index is -0.160. The fraction of sp³-hybridized carbons (Fsp3) is 0.231. The van der Waals surface area contributed by atoms with Crippen molar-refractivity contribution in [3.63, 3.8) is 0 Å². The number of rotatable bonds is 4. The molecule has 4 nitrogen and oxygen atoms in total. The standard InChI is InChI=1S/C13H13ClN2O2/c1-3-18-11-5-4-9(8-10(11)14)12(17)13-15-6-7-16(13)2/h4-8H,3H2,1-2H3. The summed E-state index contributed by atoms with van der Waals surface area (Å²) in [6.45, 7) is 2.41. The number of nitrogens with zero attached hydrogens (tertiary/aromatic N) is 2. The summed E-state index contributed by atoms with van der Waals surface area (Å²) >= 11 is 6.05. The van der Waals surface area contributed by atoms with Gasteiger partial charge in [0.25, 0.3) is 0 Å². The minimum absolute atomic E-state index is 0.160. The number of ether oxygens (including phenoxy) is 1. The first kappa shape index (κ1) is 12.6.